The highest BCUT2D eigenvalue weighted by Gasteiger charge is 2.33. The zero-order valence-corrected chi connectivity index (χ0v) is 17.2. The van der Waals surface area contributed by atoms with Gasteiger partial charge in [-0.3, -0.25) is 4.98 Å². The second-order valence-corrected chi connectivity index (χ2v) is 6.93. The summed E-state index contributed by atoms with van der Waals surface area (Å²) >= 11 is 5.58. The van der Waals surface area contributed by atoms with E-state index in [9.17, 15) is 18.0 Å². The lowest BCUT2D eigenvalue weighted by Crippen LogP contribution is -2.19. The van der Waals surface area contributed by atoms with Gasteiger partial charge in [-0.25, -0.2) is 4.79 Å². The van der Waals surface area contributed by atoms with Crippen molar-refractivity contribution < 1.29 is 27.1 Å². The smallest absolute Gasteiger partial charge is 0.417 e. The number of anilines is 2. The van der Waals surface area contributed by atoms with Gasteiger partial charge in [0, 0.05) is 23.6 Å². The summed E-state index contributed by atoms with van der Waals surface area (Å²) in [6, 6.07) is 12.0. The van der Waals surface area contributed by atoms with Crippen molar-refractivity contribution in [1.82, 2.24) is 15.2 Å². The molecule has 2 aromatic carbocycles. The van der Waals surface area contributed by atoms with Gasteiger partial charge in [0.25, 0.3) is 5.89 Å². The second-order valence-electron chi connectivity index (χ2n) is 6.52. The molecule has 0 radical (unpaired) electrons. The molecule has 2 N–H and O–H groups in total. The lowest BCUT2D eigenvalue weighted by Gasteiger charge is -2.12. The Morgan fingerprint density at radius 1 is 0.970 bits per heavy atom. The van der Waals surface area contributed by atoms with Crippen LogP contribution in [0.15, 0.2) is 71.6 Å². The monoisotopic (exact) mass is 475 g/mol. The SMILES string of the molecule is O=C(Nc1ccc(Oc2ccnc(-c3nnco3)c2)cc1)Nc1ccc(Cl)c(C(F)(F)F)c1. The Morgan fingerprint density at radius 3 is 2.39 bits per heavy atom. The van der Waals surface area contributed by atoms with Crippen LogP contribution in [-0.4, -0.2) is 21.2 Å². The largest absolute Gasteiger partial charge is 0.457 e. The molecule has 4 aromatic rings. The molecule has 0 aliphatic rings. The molecule has 0 saturated carbocycles. The molecule has 0 aliphatic carbocycles. The fourth-order valence-electron chi connectivity index (χ4n) is 2.73. The van der Waals surface area contributed by atoms with Gasteiger partial charge >= 0.3 is 12.2 Å². The molecule has 0 atom stereocenters. The third kappa shape index (κ3) is 5.57. The molecule has 2 amide bonds. The summed E-state index contributed by atoms with van der Waals surface area (Å²) in [4.78, 5) is 16.3. The number of ether oxygens (including phenoxy) is 1. The number of rotatable bonds is 5. The van der Waals surface area contributed by atoms with E-state index in [0.717, 1.165) is 12.1 Å². The Morgan fingerprint density at radius 2 is 1.70 bits per heavy atom. The predicted octanol–water partition coefficient (Wildman–Crippen LogP) is 6.24. The van der Waals surface area contributed by atoms with Crippen molar-refractivity contribution in [2.24, 2.45) is 0 Å². The van der Waals surface area contributed by atoms with Crippen molar-refractivity contribution in [3.05, 3.63) is 77.8 Å². The maximum atomic E-state index is 13.0. The van der Waals surface area contributed by atoms with Gasteiger partial charge in [0.1, 0.15) is 17.2 Å². The number of halogens is 4. The first-order valence-electron chi connectivity index (χ1n) is 9.23. The number of pyridine rings is 1. The quantitative estimate of drug-likeness (QED) is 0.354. The highest BCUT2D eigenvalue weighted by Crippen LogP contribution is 2.36. The molecule has 4 rings (SSSR count). The fourth-order valence-corrected chi connectivity index (χ4v) is 2.96. The van der Waals surface area contributed by atoms with Crippen molar-refractivity contribution in [1.29, 1.82) is 0 Å². The van der Waals surface area contributed by atoms with Gasteiger partial charge in [-0.1, -0.05) is 11.6 Å². The minimum Gasteiger partial charge on any atom is -0.457 e. The zero-order valence-electron chi connectivity index (χ0n) is 16.4. The number of hydrogen-bond acceptors (Lipinski definition) is 6. The van der Waals surface area contributed by atoms with Gasteiger partial charge in [0.15, 0.2) is 0 Å². The summed E-state index contributed by atoms with van der Waals surface area (Å²) < 4.78 is 49.7. The van der Waals surface area contributed by atoms with E-state index in [4.69, 9.17) is 20.8 Å². The molecule has 2 heterocycles. The molecule has 12 heteroatoms. The minimum atomic E-state index is -4.64. The normalized spacial score (nSPS) is 11.2. The molecular formula is C21H13ClF3N5O3. The number of aromatic nitrogens is 3. The Balaban J connectivity index is 1.38. The molecule has 33 heavy (non-hydrogen) atoms. The molecule has 2 aromatic heterocycles. The van der Waals surface area contributed by atoms with Crippen molar-refractivity contribution in [3.63, 3.8) is 0 Å². The van der Waals surface area contributed by atoms with E-state index in [1.54, 1.807) is 36.4 Å². The average Bonchev–Trinajstić information content (AvgIpc) is 3.31. The van der Waals surface area contributed by atoms with Crippen LogP contribution in [-0.2, 0) is 6.18 Å². The van der Waals surface area contributed by atoms with Gasteiger partial charge < -0.3 is 19.8 Å². The third-order valence-electron chi connectivity index (χ3n) is 4.19. The molecule has 0 bridgehead atoms. The molecule has 168 valence electrons. The van der Waals surface area contributed by atoms with E-state index < -0.39 is 22.8 Å². The Kier molecular flexibility index (Phi) is 6.13. The molecule has 8 nitrogen and oxygen atoms in total. The number of carbonyl (C=O) groups excluding carboxylic acids is 1. The van der Waals surface area contributed by atoms with Crippen molar-refractivity contribution >= 4 is 29.0 Å². The number of amides is 2. The van der Waals surface area contributed by atoms with Gasteiger partial charge in [0.05, 0.1) is 10.6 Å². The molecule has 0 fully saturated rings. The predicted molar refractivity (Wildman–Crippen MR) is 113 cm³/mol. The summed E-state index contributed by atoms with van der Waals surface area (Å²) in [5, 5.41) is 11.8. The topological polar surface area (TPSA) is 102 Å². The zero-order chi connectivity index (χ0) is 23.4. The number of benzene rings is 2. The maximum absolute atomic E-state index is 13.0. The number of nitrogens with zero attached hydrogens (tertiary/aromatic N) is 3. The average molecular weight is 476 g/mol. The highest BCUT2D eigenvalue weighted by molar-refractivity contribution is 6.31. The van der Waals surface area contributed by atoms with Gasteiger partial charge in [-0.2, -0.15) is 13.2 Å². The van der Waals surface area contributed by atoms with E-state index in [-0.39, 0.29) is 11.6 Å². The van der Waals surface area contributed by atoms with E-state index in [1.807, 2.05) is 0 Å². The van der Waals surface area contributed by atoms with Crippen molar-refractivity contribution in [3.8, 4) is 23.1 Å². The third-order valence-corrected chi connectivity index (χ3v) is 4.52. The van der Waals surface area contributed by atoms with Crippen molar-refractivity contribution in [2.75, 3.05) is 10.6 Å². The molecule has 0 saturated heterocycles. The van der Waals surface area contributed by atoms with E-state index in [0.29, 0.717) is 22.9 Å². The van der Waals surface area contributed by atoms with Crippen LogP contribution in [0.3, 0.4) is 0 Å². The first kappa shape index (κ1) is 22.1. The van der Waals surface area contributed by atoms with Gasteiger partial charge in [0.2, 0.25) is 6.39 Å². The van der Waals surface area contributed by atoms with Crippen LogP contribution >= 0.6 is 11.6 Å². The lowest BCUT2D eigenvalue weighted by atomic mass is 10.2. The summed E-state index contributed by atoms with van der Waals surface area (Å²) in [5.41, 5.74) is -0.261. The Labute approximate surface area is 189 Å². The molecule has 0 spiro atoms. The van der Waals surface area contributed by atoms with E-state index in [2.05, 4.69) is 25.8 Å². The number of nitrogens with one attached hydrogen (secondary N) is 2. The maximum Gasteiger partial charge on any atom is 0.417 e. The first-order chi connectivity index (χ1) is 15.8. The number of alkyl halides is 3. The van der Waals surface area contributed by atoms with Crippen LogP contribution in [0.5, 0.6) is 11.5 Å². The van der Waals surface area contributed by atoms with Crippen LogP contribution in [0.25, 0.3) is 11.6 Å². The molecule has 0 unspecified atom stereocenters. The highest BCUT2D eigenvalue weighted by atomic mass is 35.5. The number of urea groups is 1. The summed E-state index contributed by atoms with van der Waals surface area (Å²) in [5.74, 6) is 1.19. The van der Waals surface area contributed by atoms with Crippen LogP contribution in [0.1, 0.15) is 5.56 Å². The van der Waals surface area contributed by atoms with Crippen LogP contribution in [0, 0.1) is 0 Å². The number of hydrogen-bond donors (Lipinski definition) is 2. The second kappa shape index (κ2) is 9.17. The molecule has 0 aliphatic heterocycles. The minimum absolute atomic E-state index is 0.0566. The summed E-state index contributed by atoms with van der Waals surface area (Å²) in [7, 11) is 0. The Bertz CT molecular complexity index is 1270. The fraction of sp³-hybridized carbons (Fsp3) is 0.0476. The summed E-state index contributed by atoms with van der Waals surface area (Å²) in [6.45, 7) is 0. The van der Waals surface area contributed by atoms with E-state index >= 15 is 0 Å². The van der Waals surface area contributed by atoms with Crippen molar-refractivity contribution in [2.45, 2.75) is 6.18 Å². The Hall–Kier alpha value is -4.12. The van der Waals surface area contributed by atoms with Crippen LogP contribution < -0.4 is 15.4 Å². The standard InChI is InChI=1S/C21H13ClF3N5O3/c22-17-6-3-13(9-16(17)21(23,24)25)29-20(31)28-12-1-4-14(5-2-12)33-15-7-8-26-18(10-15)19-30-27-11-32-19/h1-11H,(H2,28,29,31). The van der Waals surface area contributed by atoms with Crippen LogP contribution in [0.4, 0.5) is 29.3 Å². The first-order valence-corrected chi connectivity index (χ1v) is 9.61. The van der Waals surface area contributed by atoms with Crippen LogP contribution in [0.2, 0.25) is 5.02 Å². The van der Waals surface area contributed by atoms with Gasteiger partial charge in [-0.05, 0) is 48.5 Å². The molecular weight excluding hydrogens is 463 g/mol. The number of carbonyl (C=O) groups is 1. The summed E-state index contributed by atoms with van der Waals surface area (Å²) in [6.07, 6.45) is -1.92. The lowest BCUT2D eigenvalue weighted by molar-refractivity contribution is -0.137. The van der Waals surface area contributed by atoms with E-state index in [1.165, 1.54) is 18.7 Å². The van der Waals surface area contributed by atoms with Gasteiger partial charge in [-0.15, -0.1) is 10.2 Å².